The lowest BCUT2D eigenvalue weighted by Crippen LogP contribution is -2.21. The highest BCUT2D eigenvalue weighted by Crippen LogP contribution is 2.31. The molecule has 1 aliphatic rings. The standard InChI is InChI=1S/C19H18N2O2S/c22-24(23,16-8-2-1-3-9-16)21-14-18(15-7-6-12-20-13-15)17-10-4-5-11-19(17)21/h1-5,7-11,14,20H,6,12-13H2. The summed E-state index contributed by atoms with van der Waals surface area (Å²) < 4.78 is 27.5. The first-order valence-corrected chi connectivity index (χ1v) is 9.43. The Bertz CT molecular complexity index is 1020. The molecule has 4 rings (SSSR count). The van der Waals surface area contributed by atoms with Crippen molar-refractivity contribution < 1.29 is 8.42 Å². The van der Waals surface area contributed by atoms with E-state index in [1.165, 1.54) is 3.97 Å². The normalized spacial score (nSPS) is 15.4. The third kappa shape index (κ3) is 2.46. The van der Waals surface area contributed by atoms with Gasteiger partial charge in [0.1, 0.15) is 0 Å². The van der Waals surface area contributed by atoms with Crippen LogP contribution < -0.4 is 5.32 Å². The van der Waals surface area contributed by atoms with E-state index in [2.05, 4.69) is 11.4 Å². The molecular formula is C19H18N2O2S. The van der Waals surface area contributed by atoms with Gasteiger partial charge in [0.25, 0.3) is 10.0 Å². The molecule has 0 fully saturated rings. The largest absolute Gasteiger partial charge is 0.312 e. The van der Waals surface area contributed by atoms with E-state index in [0.29, 0.717) is 10.4 Å². The van der Waals surface area contributed by atoms with Gasteiger partial charge in [0.2, 0.25) is 0 Å². The fourth-order valence-electron chi connectivity index (χ4n) is 3.16. The van der Waals surface area contributed by atoms with Crippen molar-refractivity contribution in [3.8, 4) is 0 Å². The van der Waals surface area contributed by atoms with E-state index in [1.807, 2.05) is 30.3 Å². The monoisotopic (exact) mass is 338 g/mol. The highest BCUT2D eigenvalue weighted by atomic mass is 32.2. The molecule has 3 aromatic rings. The first-order chi connectivity index (χ1) is 11.7. The summed E-state index contributed by atoms with van der Waals surface area (Å²) in [4.78, 5) is 0.299. The SMILES string of the molecule is O=S(=O)(c1ccccc1)n1cc(C2=CCCNC2)c2ccccc21. The molecule has 0 saturated heterocycles. The second-order valence-corrected chi connectivity index (χ2v) is 7.68. The summed E-state index contributed by atoms with van der Waals surface area (Å²) in [5.41, 5.74) is 2.85. The van der Waals surface area contributed by atoms with Crippen molar-refractivity contribution in [2.24, 2.45) is 0 Å². The Morgan fingerprint density at radius 3 is 2.46 bits per heavy atom. The molecule has 0 spiro atoms. The van der Waals surface area contributed by atoms with Crippen molar-refractivity contribution in [2.75, 3.05) is 13.1 Å². The fourth-order valence-corrected chi connectivity index (χ4v) is 4.55. The minimum Gasteiger partial charge on any atom is -0.312 e. The van der Waals surface area contributed by atoms with E-state index in [4.69, 9.17) is 0 Å². The number of nitrogens with zero attached hydrogens (tertiary/aromatic N) is 1. The molecule has 0 aliphatic carbocycles. The number of aromatic nitrogens is 1. The van der Waals surface area contributed by atoms with Crippen LogP contribution in [0.5, 0.6) is 0 Å². The van der Waals surface area contributed by atoms with Gasteiger partial charge in [-0.15, -0.1) is 0 Å². The van der Waals surface area contributed by atoms with Gasteiger partial charge in [-0.1, -0.05) is 42.5 Å². The third-order valence-corrected chi connectivity index (χ3v) is 6.04. The second-order valence-electron chi connectivity index (χ2n) is 5.87. The molecule has 1 N–H and O–H groups in total. The maximum atomic E-state index is 13.1. The van der Waals surface area contributed by atoms with E-state index in [9.17, 15) is 8.42 Å². The second kappa shape index (κ2) is 5.92. The molecule has 5 heteroatoms. The number of fused-ring (bicyclic) bond motifs is 1. The Morgan fingerprint density at radius 2 is 1.71 bits per heavy atom. The van der Waals surface area contributed by atoms with Crippen LogP contribution >= 0.6 is 0 Å². The number of para-hydroxylation sites is 1. The van der Waals surface area contributed by atoms with Gasteiger partial charge in [-0.25, -0.2) is 12.4 Å². The smallest absolute Gasteiger partial charge is 0.268 e. The molecule has 2 heterocycles. The molecule has 0 radical (unpaired) electrons. The first kappa shape index (κ1) is 15.2. The quantitative estimate of drug-likeness (QED) is 0.797. The van der Waals surface area contributed by atoms with Gasteiger partial charge in [-0.2, -0.15) is 0 Å². The van der Waals surface area contributed by atoms with Crippen LogP contribution in [0.1, 0.15) is 12.0 Å². The molecule has 0 saturated carbocycles. The lowest BCUT2D eigenvalue weighted by Gasteiger charge is -2.13. The van der Waals surface area contributed by atoms with Gasteiger partial charge in [0, 0.05) is 23.7 Å². The summed E-state index contributed by atoms with van der Waals surface area (Å²) in [7, 11) is -3.61. The summed E-state index contributed by atoms with van der Waals surface area (Å²) in [6, 6.07) is 16.2. The van der Waals surface area contributed by atoms with E-state index in [-0.39, 0.29) is 0 Å². The number of hydrogen-bond acceptors (Lipinski definition) is 3. The van der Waals surface area contributed by atoms with Gasteiger partial charge in [-0.05, 0) is 36.7 Å². The summed E-state index contributed by atoms with van der Waals surface area (Å²) >= 11 is 0. The summed E-state index contributed by atoms with van der Waals surface area (Å²) in [5, 5.41) is 4.32. The first-order valence-electron chi connectivity index (χ1n) is 7.99. The predicted octanol–water partition coefficient (Wildman–Crippen LogP) is 3.26. The topological polar surface area (TPSA) is 51.1 Å². The fraction of sp³-hybridized carbons (Fsp3) is 0.158. The average molecular weight is 338 g/mol. The summed E-state index contributed by atoms with van der Waals surface area (Å²) in [6.45, 7) is 1.73. The zero-order valence-electron chi connectivity index (χ0n) is 13.1. The Morgan fingerprint density at radius 1 is 0.958 bits per heavy atom. The molecule has 2 aromatic carbocycles. The van der Waals surface area contributed by atoms with Crippen molar-refractivity contribution in [2.45, 2.75) is 11.3 Å². The van der Waals surface area contributed by atoms with E-state index >= 15 is 0 Å². The van der Waals surface area contributed by atoms with Crippen LogP contribution in [0, 0.1) is 0 Å². The molecule has 4 nitrogen and oxygen atoms in total. The van der Waals surface area contributed by atoms with Crippen LogP contribution in [0.4, 0.5) is 0 Å². The van der Waals surface area contributed by atoms with Crippen molar-refractivity contribution in [3.05, 3.63) is 72.4 Å². The minimum absolute atomic E-state index is 0.299. The Kier molecular flexibility index (Phi) is 3.75. The molecule has 0 atom stereocenters. The zero-order chi connectivity index (χ0) is 16.6. The minimum atomic E-state index is -3.61. The van der Waals surface area contributed by atoms with Crippen molar-refractivity contribution in [3.63, 3.8) is 0 Å². The van der Waals surface area contributed by atoms with Crippen LogP contribution in [0.25, 0.3) is 16.5 Å². The molecule has 0 unspecified atom stereocenters. The van der Waals surface area contributed by atoms with Crippen molar-refractivity contribution >= 4 is 26.5 Å². The number of nitrogens with one attached hydrogen (secondary N) is 1. The Hall–Kier alpha value is -2.37. The Labute approximate surface area is 141 Å². The third-order valence-electron chi connectivity index (χ3n) is 4.35. The van der Waals surface area contributed by atoms with E-state index in [0.717, 1.165) is 36.0 Å². The molecule has 1 aliphatic heterocycles. The summed E-state index contributed by atoms with van der Waals surface area (Å²) in [6.07, 6.45) is 4.91. The lowest BCUT2D eigenvalue weighted by atomic mass is 10.0. The number of hydrogen-bond donors (Lipinski definition) is 1. The molecule has 24 heavy (non-hydrogen) atoms. The highest BCUT2D eigenvalue weighted by molar-refractivity contribution is 7.90. The van der Waals surface area contributed by atoms with Gasteiger partial charge in [0.05, 0.1) is 10.4 Å². The molecular weight excluding hydrogens is 320 g/mol. The van der Waals surface area contributed by atoms with Crippen LogP contribution in [-0.4, -0.2) is 25.5 Å². The molecule has 0 bridgehead atoms. The molecule has 1 aromatic heterocycles. The number of benzene rings is 2. The maximum Gasteiger partial charge on any atom is 0.268 e. The number of rotatable bonds is 3. The Balaban J connectivity index is 1.96. The van der Waals surface area contributed by atoms with Crippen LogP contribution in [0.2, 0.25) is 0 Å². The molecule has 0 amide bonds. The van der Waals surface area contributed by atoms with Crippen LogP contribution in [0.15, 0.2) is 71.8 Å². The van der Waals surface area contributed by atoms with E-state index in [1.54, 1.807) is 30.5 Å². The summed E-state index contributed by atoms with van der Waals surface area (Å²) in [5.74, 6) is 0. The van der Waals surface area contributed by atoms with Gasteiger partial charge in [0.15, 0.2) is 0 Å². The van der Waals surface area contributed by atoms with Crippen LogP contribution in [-0.2, 0) is 10.0 Å². The zero-order valence-corrected chi connectivity index (χ0v) is 14.0. The van der Waals surface area contributed by atoms with Crippen molar-refractivity contribution in [1.82, 2.24) is 9.29 Å². The average Bonchev–Trinajstić information content (AvgIpc) is 3.04. The predicted molar refractivity (Wildman–Crippen MR) is 96.4 cm³/mol. The van der Waals surface area contributed by atoms with Crippen LogP contribution in [0.3, 0.4) is 0 Å². The highest BCUT2D eigenvalue weighted by Gasteiger charge is 2.22. The van der Waals surface area contributed by atoms with Gasteiger partial charge < -0.3 is 5.32 Å². The van der Waals surface area contributed by atoms with Gasteiger partial charge >= 0.3 is 0 Å². The maximum absolute atomic E-state index is 13.1. The van der Waals surface area contributed by atoms with Crippen molar-refractivity contribution in [1.29, 1.82) is 0 Å². The van der Waals surface area contributed by atoms with Gasteiger partial charge in [-0.3, -0.25) is 0 Å². The molecule has 122 valence electrons. The lowest BCUT2D eigenvalue weighted by molar-refractivity contribution is 0.589. The van der Waals surface area contributed by atoms with E-state index < -0.39 is 10.0 Å².